The van der Waals surface area contributed by atoms with Crippen molar-refractivity contribution < 1.29 is 27.4 Å². The quantitative estimate of drug-likeness (QED) is 0.798. The Labute approximate surface area is 118 Å². The highest BCUT2D eigenvalue weighted by molar-refractivity contribution is 5.81. The van der Waals surface area contributed by atoms with E-state index in [0.29, 0.717) is 28.7 Å². The first kappa shape index (κ1) is 14.9. The zero-order valence-corrected chi connectivity index (χ0v) is 11.0. The van der Waals surface area contributed by atoms with Crippen LogP contribution >= 0.6 is 0 Å². The molecule has 0 radical (unpaired) electrons. The van der Waals surface area contributed by atoms with E-state index in [1.165, 1.54) is 31.4 Å². The van der Waals surface area contributed by atoms with Gasteiger partial charge in [-0.25, -0.2) is 0 Å². The summed E-state index contributed by atoms with van der Waals surface area (Å²) < 4.78 is 45.3. The zero-order chi connectivity index (χ0) is 15.5. The summed E-state index contributed by atoms with van der Waals surface area (Å²) in [5.74, 6) is 0.210. The van der Waals surface area contributed by atoms with E-state index < -0.39 is 6.36 Å². The van der Waals surface area contributed by atoms with Crippen molar-refractivity contribution in [3.8, 4) is 22.6 Å². The van der Waals surface area contributed by atoms with Crippen molar-refractivity contribution in [3.05, 3.63) is 48.0 Å². The minimum absolute atomic E-state index is 0.309. The van der Waals surface area contributed by atoms with Gasteiger partial charge in [0.25, 0.3) is 0 Å². The Bertz CT molecular complexity index is 634. The number of rotatable bonds is 4. The molecule has 2 aromatic carbocycles. The predicted molar refractivity (Wildman–Crippen MR) is 70.5 cm³/mol. The maximum Gasteiger partial charge on any atom is 0.573 e. The average molecular weight is 296 g/mol. The molecule has 0 aliphatic rings. The van der Waals surface area contributed by atoms with Gasteiger partial charge in [-0.1, -0.05) is 12.1 Å². The van der Waals surface area contributed by atoms with Crippen molar-refractivity contribution in [1.29, 1.82) is 0 Å². The van der Waals surface area contributed by atoms with Gasteiger partial charge in [-0.3, -0.25) is 4.79 Å². The van der Waals surface area contributed by atoms with Gasteiger partial charge in [0.05, 0.1) is 7.11 Å². The Hall–Kier alpha value is -2.50. The van der Waals surface area contributed by atoms with Gasteiger partial charge in [0.1, 0.15) is 17.8 Å². The van der Waals surface area contributed by atoms with Gasteiger partial charge in [-0.05, 0) is 35.9 Å². The van der Waals surface area contributed by atoms with E-state index >= 15 is 0 Å². The molecule has 0 heterocycles. The monoisotopic (exact) mass is 296 g/mol. The number of ether oxygens (including phenoxy) is 2. The molecule has 2 aromatic rings. The molecule has 0 aliphatic carbocycles. The van der Waals surface area contributed by atoms with Crippen LogP contribution in [0.5, 0.6) is 11.5 Å². The lowest BCUT2D eigenvalue weighted by atomic mass is 10.0. The Kier molecular flexibility index (Phi) is 4.16. The molecule has 0 amide bonds. The van der Waals surface area contributed by atoms with E-state index in [2.05, 4.69) is 4.74 Å². The van der Waals surface area contributed by atoms with Gasteiger partial charge in [0, 0.05) is 11.1 Å². The lowest BCUT2D eigenvalue weighted by Crippen LogP contribution is -2.16. The van der Waals surface area contributed by atoms with E-state index in [-0.39, 0.29) is 5.75 Å². The lowest BCUT2D eigenvalue weighted by molar-refractivity contribution is -0.274. The highest BCUT2D eigenvalue weighted by Crippen LogP contribution is 2.32. The number of carbonyl (C=O) groups excluding carboxylic acids is 1. The molecular formula is C15H11F3O3. The van der Waals surface area contributed by atoms with Gasteiger partial charge < -0.3 is 9.47 Å². The summed E-state index contributed by atoms with van der Waals surface area (Å²) >= 11 is 0. The minimum atomic E-state index is -4.73. The smallest absolute Gasteiger partial charge is 0.496 e. The first-order valence-electron chi connectivity index (χ1n) is 5.92. The summed E-state index contributed by atoms with van der Waals surface area (Å²) in [6.07, 6.45) is -4.04. The normalized spacial score (nSPS) is 11.0. The van der Waals surface area contributed by atoms with E-state index in [4.69, 9.17) is 4.74 Å². The fourth-order valence-electron chi connectivity index (χ4n) is 1.86. The van der Waals surface area contributed by atoms with Gasteiger partial charge in [-0.2, -0.15) is 0 Å². The van der Waals surface area contributed by atoms with Crippen LogP contribution in [-0.4, -0.2) is 19.8 Å². The maximum atomic E-state index is 12.1. The third-order valence-electron chi connectivity index (χ3n) is 2.76. The van der Waals surface area contributed by atoms with E-state index in [1.807, 2.05) is 0 Å². The van der Waals surface area contributed by atoms with Crippen molar-refractivity contribution in [1.82, 2.24) is 0 Å². The largest absolute Gasteiger partial charge is 0.573 e. The molecule has 0 saturated carbocycles. The van der Waals surface area contributed by atoms with E-state index in [1.54, 1.807) is 18.2 Å². The number of halogens is 3. The molecule has 0 bridgehead atoms. The fraction of sp³-hybridized carbons (Fsp3) is 0.133. The predicted octanol–water partition coefficient (Wildman–Crippen LogP) is 4.07. The van der Waals surface area contributed by atoms with Crippen LogP contribution in [0.4, 0.5) is 13.2 Å². The van der Waals surface area contributed by atoms with Gasteiger partial charge in [0.2, 0.25) is 0 Å². The Morgan fingerprint density at radius 2 is 1.71 bits per heavy atom. The maximum absolute atomic E-state index is 12.1. The highest BCUT2D eigenvalue weighted by Gasteiger charge is 2.30. The molecule has 0 atom stereocenters. The number of hydrogen-bond donors (Lipinski definition) is 0. The molecule has 0 unspecified atom stereocenters. The Balaban J connectivity index is 2.36. The van der Waals surface area contributed by atoms with Gasteiger partial charge in [-0.15, -0.1) is 13.2 Å². The second kappa shape index (κ2) is 5.87. The van der Waals surface area contributed by atoms with Crippen LogP contribution in [0.3, 0.4) is 0 Å². The van der Waals surface area contributed by atoms with Crippen molar-refractivity contribution in [3.63, 3.8) is 0 Å². The second-order valence-corrected chi connectivity index (χ2v) is 4.15. The topological polar surface area (TPSA) is 35.5 Å². The lowest BCUT2D eigenvalue weighted by Gasteiger charge is -2.11. The van der Waals surface area contributed by atoms with Crippen molar-refractivity contribution in [2.45, 2.75) is 6.36 Å². The van der Waals surface area contributed by atoms with Crippen LogP contribution in [0.1, 0.15) is 10.4 Å². The number of methoxy groups -OCH3 is 1. The van der Waals surface area contributed by atoms with Crippen LogP contribution in [-0.2, 0) is 0 Å². The van der Waals surface area contributed by atoms with Gasteiger partial charge >= 0.3 is 6.36 Å². The number of benzene rings is 2. The molecule has 0 fully saturated rings. The van der Waals surface area contributed by atoms with Crippen LogP contribution in [0.25, 0.3) is 11.1 Å². The molecule has 6 heteroatoms. The zero-order valence-electron chi connectivity index (χ0n) is 11.0. The molecule has 0 aromatic heterocycles. The number of hydrogen-bond acceptors (Lipinski definition) is 3. The fourth-order valence-corrected chi connectivity index (χ4v) is 1.86. The van der Waals surface area contributed by atoms with Crippen LogP contribution in [0, 0.1) is 0 Å². The first-order valence-corrected chi connectivity index (χ1v) is 5.92. The second-order valence-electron chi connectivity index (χ2n) is 4.15. The van der Waals surface area contributed by atoms with E-state index in [9.17, 15) is 18.0 Å². The average Bonchev–Trinajstić information content (AvgIpc) is 2.45. The molecule has 2 rings (SSSR count). The minimum Gasteiger partial charge on any atom is -0.496 e. The van der Waals surface area contributed by atoms with Crippen molar-refractivity contribution in [2.75, 3.05) is 7.11 Å². The summed E-state index contributed by atoms with van der Waals surface area (Å²) in [5.41, 5.74) is 1.67. The standard InChI is InChI=1S/C15H11F3O3/c1-20-14-7-2-10(9-19)8-13(14)11-3-5-12(6-4-11)21-15(16,17)18/h2-9H,1H3. The van der Waals surface area contributed by atoms with Crippen LogP contribution < -0.4 is 9.47 Å². The summed E-state index contributed by atoms with van der Waals surface area (Å²) in [7, 11) is 1.47. The molecule has 21 heavy (non-hydrogen) atoms. The Morgan fingerprint density at radius 1 is 1.05 bits per heavy atom. The van der Waals surface area contributed by atoms with Crippen LogP contribution in [0.15, 0.2) is 42.5 Å². The molecule has 0 N–H and O–H groups in total. The molecule has 0 spiro atoms. The summed E-state index contributed by atoms with van der Waals surface area (Å²) in [6.45, 7) is 0. The third-order valence-corrected chi connectivity index (χ3v) is 2.76. The number of alkyl halides is 3. The Morgan fingerprint density at radius 3 is 2.24 bits per heavy atom. The SMILES string of the molecule is COc1ccc(C=O)cc1-c1ccc(OC(F)(F)F)cc1. The van der Waals surface area contributed by atoms with Gasteiger partial charge in [0.15, 0.2) is 0 Å². The summed E-state index contributed by atoms with van der Waals surface area (Å²) in [6, 6.07) is 10.2. The van der Waals surface area contributed by atoms with Crippen LogP contribution in [0.2, 0.25) is 0 Å². The molecule has 0 saturated heterocycles. The van der Waals surface area contributed by atoms with E-state index in [0.717, 1.165) is 0 Å². The summed E-state index contributed by atoms with van der Waals surface area (Å²) in [4.78, 5) is 10.8. The van der Waals surface area contributed by atoms with Crippen molar-refractivity contribution >= 4 is 6.29 Å². The highest BCUT2D eigenvalue weighted by atomic mass is 19.4. The molecule has 0 aliphatic heterocycles. The number of carbonyl (C=O) groups is 1. The number of aldehydes is 1. The molecule has 110 valence electrons. The third kappa shape index (κ3) is 3.75. The van der Waals surface area contributed by atoms with Crippen molar-refractivity contribution in [2.24, 2.45) is 0 Å². The summed E-state index contributed by atoms with van der Waals surface area (Å²) in [5, 5.41) is 0. The first-order chi connectivity index (χ1) is 9.93. The molecule has 3 nitrogen and oxygen atoms in total. The molecular weight excluding hydrogens is 285 g/mol.